The molecule has 3 atom stereocenters. The zero-order chi connectivity index (χ0) is 12.5. The van der Waals surface area contributed by atoms with E-state index in [2.05, 4.69) is 36.2 Å². The number of nitrogens with zero attached hydrogens (tertiary/aromatic N) is 1. The average molecular weight is 243 g/mol. The zero-order valence-electron chi connectivity index (χ0n) is 11.0. The summed E-state index contributed by atoms with van der Waals surface area (Å²) in [5, 5.41) is 0. The predicted molar refractivity (Wildman–Crippen MR) is 72.3 cm³/mol. The molecule has 1 aliphatic carbocycles. The molecule has 1 saturated heterocycles. The molecule has 0 aromatic heterocycles. The van der Waals surface area contributed by atoms with Crippen molar-refractivity contribution in [1.29, 1.82) is 0 Å². The number of likely N-dealkylation sites (tertiary alicyclic amines) is 1. The van der Waals surface area contributed by atoms with Gasteiger partial charge in [0.25, 0.3) is 0 Å². The predicted octanol–water partition coefficient (Wildman–Crippen LogP) is 3.19. The summed E-state index contributed by atoms with van der Waals surface area (Å²) in [5.41, 5.74) is 1.29. The summed E-state index contributed by atoms with van der Waals surface area (Å²) in [6.45, 7) is 0. The number of fused-ring (bicyclic) bond motifs is 1. The van der Waals surface area contributed by atoms with Crippen LogP contribution in [0.2, 0.25) is 0 Å². The summed E-state index contributed by atoms with van der Waals surface area (Å²) in [6, 6.07) is 11.2. The summed E-state index contributed by atoms with van der Waals surface area (Å²) >= 11 is 0. The van der Waals surface area contributed by atoms with Crippen molar-refractivity contribution in [3.05, 3.63) is 35.9 Å². The van der Waals surface area contributed by atoms with Gasteiger partial charge in [-0.3, -0.25) is 9.69 Å². The van der Waals surface area contributed by atoms with Crippen LogP contribution < -0.4 is 0 Å². The summed E-state index contributed by atoms with van der Waals surface area (Å²) in [7, 11) is 2.20. The van der Waals surface area contributed by atoms with E-state index in [0.717, 1.165) is 6.42 Å². The number of rotatable bonds is 1. The number of ketones is 1. The third kappa shape index (κ3) is 1.99. The third-order valence-corrected chi connectivity index (χ3v) is 4.74. The van der Waals surface area contributed by atoms with Gasteiger partial charge < -0.3 is 0 Å². The van der Waals surface area contributed by atoms with Crippen molar-refractivity contribution in [3.8, 4) is 0 Å². The van der Waals surface area contributed by atoms with Crippen LogP contribution in [0, 0.1) is 5.92 Å². The molecule has 0 radical (unpaired) electrons. The van der Waals surface area contributed by atoms with Crippen LogP contribution in [-0.4, -0.2) is 23.8 Å². The van der Waals surface area contributed by atoms with Crippen molar-refractivity contribution in [2.45, 2.75) is 44.2 Å². The zero-order valence-corrected chi connectivity index (χ0v) is 11.0. The molecule has 0 spiro atoms. The lowest BCUT2D eigenvalue weighted by atomic mass is 9.75. The van der Waals surface area contributed by atoms with Crippen molar-refractivity contribution < 1.29 is 4.79 Å². The van der Waals surface area contributed by atoms with Gasteiger partial charge in [0, 0.05) is 24.4 Å². The quantitative estimate of drug-likeness (QED) is 0.755. The first-order chi connectivity index (χ1) is 8.77. The van der Waals surface area contributed by atoms with Crippen LogP contribution in [0.15, 0.2) is 30.3 Å². The SMILES string of the molecule is CN1C(c2ccccc2)CC(=O)C2CCCCC21. The summed E-state index contributed by atoms with van der Waals surface area (Å²) in [5.74, 6) is 0.801. The van der Waals surface area contributed by atoms with Gasteiger partial charge in [0.1, 0.15) is 5.78 Å². The van der Waals surface area contributed by atoms with Gasteiger partial charge in [0.05, 0.1) is 0 Å². The normalized spacial score (nSPS) is 33.2. The Morgan fingerprint density at radius 3 is 2.61 bits per heavy atom. The van der Waals surface area contributed by atoms with Crippen molar-refractivity contribution in [2.75, 3.05) is 7.05 Å². The van der Waals surface area contributed by atoms with E-state index < -0.39 is 0 Å². The minimum Gasteiger partial charge on any atom is -0.299 e. The largest absolute Gasteiger partial charge is 0.299 e. The Hall–Kier alpha value is -1.15. The molecule has 0 N–H and O–H groups in total. The molecule has 3 unspecified atom stereocenters. The van der Waals surface area contributed by atoms with E-state index >= 15 is 0 Å². The molecule has 0 bridgehead atoms. The number of hydrogen-bond acceptors (Lipinski definition) is 2. The third-order valence-electron chi connectivity index (χ3n) is 4.74. The van der Waals surface area contributed by atoms with Crippen LogP contribution in [0.4, 0.5) is 0 Å². The Morgan fingerprint density at radius 1 is 1.11 bits per heavy atom. The van der Waals surface area contributed by atoms with Gasteiger partial charge in [-0.2, -0.15) is 0 Å². The fraction of sp³-hybridized carbons (Fsp3) is 0.562. The number of carbonyl (C=O) groups is 1. The molecule has 18 heavy (non-hydrogen) atoms. The number of carbonyl (C=O) groups excluding carboxylic acids is 1. The highest BCUT2D eigenvalue weighted by Crippen LogP contribution is 2.40. The van der Waals surface area contributed by atoms with Gasteiger partial charge in [-0.05, 0) is 25.5 Å². The second-order valence-electron chi connectivity index (χ2n) is 5.72. The highest BCUT2D eigenvalue weighted by atomic mass is 16.1. The molecule has 3 rings (SSSR count). The van der Waals surface area contributed by atoms with E-state index in [1.165, 1.54) is 24.8 Å². The molecule has 96 valence electrons. The number of Topliss-reactive ketones (excluding diaryl/α,β-unsaturated/α-hetero) is 1. The summed E-state index contributed by atoms with van der Waals surface area (Å²) < 4.78 is 0. The minimum atomic E-state index is 0.290. The first-order valence-corrected chi connectivity index (χ1v) is 7.07. The van der Waals surface area contributed by atoms with Gasteiger partial charge in [-0.15, -0.1) is 0 Å². The van der Waals surface area contributed by atoms with Crippen LogP contribution in [0.25, 0.3) is 0 Å². The summed E-state index contributed by atoms with van der Waals surface area (Å²) in [4.78, 5) is 14.8. The van der Waals surface area contributed by atoms with E-state index in [0.29, 0.717) is 24.2 Å². The Kier molecular flexibility index (Phi) is 3.21. The van der Waals surface area contributed by atoms with Crippen molar-refractivity contribution in [3.63, 3.8) is 0 Å². The fourth-order valence-corrected chi connectivity index (χ4v) is 3.72. The first kappa shape index (κ1) is 11.9. The smallest absolute Gasteiger partial charge is 0.139 e. The Labute approximate surface area is 109 Å². The van der Waals surface area contributed by atoms with Gasteiger partial charge in [0.2, 0.25) is 0 Å². The average Bonchev–Trinajstić information content (AvgIpc) is 2.44. The molecule has 2 heteroatoms. The molecule has 1 aromatic rings. The van der Waals surface area contributed by atoms with Gasteiger partial charge in [0.15, 0.2) is 0 Å². The fourth-order valence-electron chi connectivity index (χ4n) is 3.72. The van der Waals surface area contributed by atoms with Crippen LogP contribution in [0.3, 0.4) is 0 Å². The molecule has 2 nitrogen and oxygen atoms in total. The molecular weight excluding hydrogens is 222 g/mol. The van der Waals surface area contributed by atoms with Crippen molar-refractivity contribution in [1.82, 2.24) is 4.90 Å². The van der Waals surface area contributed by atoms with E-state index in [-0.39, 0.29) is 6.04 Å². The molecule has 1 aliphatic heterocycles. The van der Waals surface area contributed by atoms with E-state index in [1.807, 2.05) is 6.07 Å². The standard InChI is InChI=1S/C16H21NO/c1-17-14-10-6-5-9-13(14)16(18)11-15(17)12-7-3-2-4-8-12/h2-4,7-8,13-15H,5-6,9-11H2,1H3. The maximum atomic E-state index is 12.3. The Morgan fingerprint density at radius 2 is 1.83 bits per heavy atom. The molecule has 2 aliphatic rings. The number of benzene rings is 1. The first-order valence-electron chi connectivity index (χ1n) is 7.07. The monoisotopic (exact) mass is 243 g/mol. The Balaban J connectivity index is 1.87. The van der Waals surface area contributed by atoms with Gasteiger partial charge >= 0.3 is 0 Å². The lowest BCUT2D eigenvalue weighted by molar-refractivity contribution is -0.133. The van der Waals surface area contributed by atoms with E-state index in [1.54, 1.807) is 0 Å². The number of piperidine rings is 1. The molecule has 2 fully saturated rings. The van der Waals surface area contributed by atoms with Crippen LogP contribution >= 0.6 is 0 Å². The highest BCUT2D eigenvalue weighted by molar-refractivity contribution is 5.83. The lowest BCUT2D eigenvalue weighted by Gasteiger charge is -2.46. The van der Waals surface area contributed by atoms with Crippen molar-refractivity contribution in [2.24, 2.45) is 5.92 Å². The topological polar surface area (TPSA) is 20.3 Å². The second kappa shape index (κ2) is 4.85. The minimum absolute atomic E-state index is 0.290. The molecule has 0 amide bonds. The van der Waals surface area contributed by atoms with Crippen LogP contribution in [0.1, 0.15) is 43.7 Å². The highest BCUT2D eigenvalue weighted by Gasteiger charge is 2.41. The molecule has 1 heterocycles. The van der Waals surface area contributed by atoms with E-state index in [9.17, 15) is 4.79 Å². The second-order valence-corrected chi connectivity index (χ2v) is 5.72. The molecular formula is C16H21NO. The van der Waals surface area contributed by atoms with Gasteiger partial charge in [-0.25, -0.2) is 0 Å². The van der Waals surface area contributed by atoms with Crippen LogP contribution in [-0.2, 0) is 4.79 Å². The van der Waals surface area contributed by atoms with Gasteiger partial charge in [-0.1, -0.05) is 43.2 Å². The number of hydrogen-bond donors (Lipinski definition) is 0. The lowest BCUT2D eigenvalue weighted by Crippen LogP contribution is -2.50. The van der Waals surface area contributed by atoms with Crippen molar-refractivity contribution >= 4 is 5.78 Å². The molecule has 1 saturated carbocycles. The van der Waals surface area contributed by atoms with Crippen LogP contribution in [0.5, 0.6) is 0 Å². The summed E-state index contributed by atoms with van der Waals surface area (Å²) in [6.07, 6.45) is 5.50. The Bertz CT molecular complexity index is 428. The maximum Gasteiger partial charge on any atom is 0.139 e. The molecule has 1 aromatic carbocycles. The van der Waals surface area contributed by atoms with E-state index in [4.69, 9.17) is 0 Å². The maximum absolute atomic E-state index is 12.3.